The van der Waals surface area contributed by atoms with Crippen molar-refractivity contribution in [2.24, 2.45) is 0 Å². The Hall–Kier alpha value is -2.22. The molecule has 0 saturated carbocycles. The van der Waals surface area contributed by atoms with E-state index in [0.717, 1.165) is 12.8 Å². The van der Waals surface area contributed by atoms with Crippen LogP contribution in [-0.4, -0.2) is 10.2 Å². The van der Waals surface area contributed by atoms with Crippen molar-refractivity contribution in [3.8, 4) is 11.5 Å². The van der Waals surface area contributed by atoms with Gasteiger partial charge in [0.05, 0.1) is 0 Å². The van der Waals surface area contributed by atoms with Gasteiger partial charge in [-0.1, -0.05) is 55.7 Å². The number of rotatable bonds is 2. The van der Waals surface area contributed by atoms with Crippen LogP contribution in [0.2, 0.25) is 0 Å². The normalized spacial score (nSPS) is 17.9. The Morgan fingerprint density at radius 3 is 1.74 bits per heavy atom. The van der Waals surface area contributed by atoms with Crippen molar-refractivity contribution >= 4 is 0 Å². The van der Waals surface area contributed by atoms with E-state index in [9.17, 15) is 10.2 Å². The third-order valence-electron chi connectivity index (χ3n) is 4.86. The SMILES string of the molecule is Oc1ccc(C2(c3ccc(O)cc3)C=CCCCCCC2)cc1. The Bertz CT molecular complexity index is 608. The fraction of sp³-hybridized carbons (Fsp3) is 0.333. The highest BCUT2D eigenvalue weighted by Gasteiger charge is 2.31. The number of benzene rings is 2. The molecule has 0 spiro atoms. The first kappa shape index (κ1) is 15.7. The van der Waals surface area contributed by atoms with Crippen LogP contribution in [0.25, 0.3) is 0 Å². The second-order valence-electron chi connectivity index (χ2n) is 6.42. The maximum atomic E-state index is 9.64. The monoisotopic (exact) mass is 308 g/mol. The van der Waals surface area contributed by atoms with Crippen molar-refractivity contribution in [2.45, 2.75) is 43.9 Å². The predicted molar refractivity (Wildman–Crippen MR) is 93.8 cm³/mol. The lowest BCUT2D eigenvalue weighted by Gasteiger charge is -2.32. The molecule has 2 nitrogen and oxygen atoms in total. The molecule has 120 valence electrons. The highest BCUT2D eigenvalue weighted by Crippen LogP contribution is 2.40. The van der Waals surface area contributed by atoms with Gasteiger partial charge in [-0.2, -0.15) is 0 Å². The molecule has 3 rings (SSSR count). The predicted octanol–water partition coefficient (Wildman–Crippen LogP) is 5.29. The largest absolute Gasteiger partial charge is 0.508 e. The molecule has 0 atom stereocenters. The number of hydrogen-bond donors (Lipinski definition) is 2. The Kier molecular flexibility index (Phi) is 4.71. The van der Waals surface area contributed by atoms with Gasteiger partial charge >= 0.3 is 0 Å². The number of phenols is 2. The topological polar surface area (TPSA) is 40.5 Å². The summed E-state index contributed by atoms with van der Waals surface area (Å²) in [6, 6.07) is 15.1. The Morgan fingerprint density at radius 2 is 1.17 bits per heavy atom. The summed E-state index contributed by atoms with van der Waals surface area (Å²) in [5.74, 6) is 0.586. The summed E-state index contributed by atoms with van der Waals surface area (Å²) in [6.45, 7) is 0. The average molecular weight is 308 g/mol. The third kappa shape index (κ3) is 3.42. The Balaban J connectivity index is 2.12. The zero-order chi connectivity index (χ0) is 16.1. The summed E-state index contributed by atoms with van der Waals surface area (Å²) in [5.41, 5.74) is 2.20. The molecule has 0 heterocycles. The lowest BCUT2D eigenvalue weighted by atomic mass is 9.71. The standard InChI is InChI=1S/C21H24O2/c22-19-11-7-17(8-12-19)21(18-9-13-20(23)14-10-18)15-5-3-1-2-4-6-16-21/h5,7-15,22-23H,1-4,6,16H2. The van der Waals surface area contributed by atoms with Crippen LogP contribution in [0.4, 0.5) is 0 Å². The van der Waals surface area contributed by atoms with E-state index in [-0.39, 0.29) is 5.41 Å². The Labute approximate surface area is 138 Å². The molecule has 1 aliphatic carbocycles. The molecular formula is C21H24O2. The second-order valence-corrected chi connectivity index (χ2v) is 6.42. The zero-order valence-corrected chi connectivity index (χ0v) is 13.4. The van der Waals surface area contributed by atoms with Crippen LogP contribution in [0.15, 0.2) is 60.7 Å². The van der Waals surface area contributed by atoms with E-state index < -0.39 is 0 Å². The summed E-state index contributed by atoms with van der Waals surface area (Å²) in [7, 11) is 0. The molecule has 0 amide bonds. The van der Waals surface area contributed by atoms with Gasteiger partial charge in [-0.15, -0.1) is 0 Å². The van der Waals surface area contributed by atoms with E-state index in [4.69, 9.17) is 0 Å². The van der Waals surface area contributed by atoms with Crippen LogP contribution in [0.1, 0.15) is 49.7 Å². The van der Waals surface area contributed by atoms with E-state index in [1.165, 1.54) is 36.8 Å². The van der Waals surface area contributed by atoms with Crippen molar-refractivity contribution in [1.29, 1.82) is 0 Å². The molecule has 1 aliphatic rings. The van der Waals surface area contributed by atoms with Gasteiger partial charge in [-0.05, 0) is 54.7 Å². The minimum absolute atomic E-state index is 0.189. The van der Waals surface area contributed by atoms with Crippen LogP contribution in [0.5, 0.6) is 11.5 Å². The molecule has 0 aromatic heterocycles. The van der Waals surface area contributed by atoms with Crippen molar-refractivity contribution in [2.75, 3.05) is 0 Å². The number of phenolic OH excluding ortho intramolecular Hbond substituents is 2. The van der Waals surface area contributed by atoms with Crippen molar-refractivity contribution in [3.63, 3.8) is 0 Å². The van der Waals surface area contributed by atoms with Crippen molar-refractivity contribution in [1.82, 2.24) is 0 Å². The Morgan fingerprint density at radius 1 is 0.652 bits per heavy atom. The van der Waals surface area contributed by atoms with Crippen LogP contribution in [0, 0.1) is 0 Å². The van der Waals surface area contributed by atoms with Gasteiger partial charge in [0.1, 0.15) is 11.5 Å². The summed E-state index contributed by atoms with van der Waals surface area (Å²) in [5, 5.41) is 19.3. The molecule has 0 saturated heterocycles. The van der Waals surface area contributed by atoms with Gasteiger partial charge in [-0.25, -0.2) is 0 Å². The lowest BCUT2D eigenvalue weighted by molar-refractivity contribution is 0.472. The molecule has 0 fully saturated rings. The van der Waals surface area contributed by atoms with Gasteiger partial charge in [0.2, 0.25) is 0 Å². The van der Waals surface area contributed by atoms with E-state index in [2.05, 4.69) is 12.2 Å². The van der Waals surface area contributed by atoms with E-state index in [1.54, 1.807) is 24.3 Å². The summed E-state index contributed by atoms with van der Waals surface area (Å²) in [6.07, 6.45) is 11.7. The maximum Gasteiger partial charge on any atom is 0.115 e. The minimum Gasteiger partial charge on any atom is -0.508 e. The van der Waals surface area contributed by atoms with E-state index in [0.29, 0.717) is 11.5 Å². The highest BCUT2D eigenvalue weighted by molar-refractivity contribution is 5.47. The summed E-state index contributed by atoms with van der Waals surface area (Å²) in [4.78, 5) is 0. The molecule has 0 unspecified atom stereocenters. The molecule has 2 aromatic rings. The van der Waals surface area contributed by atoms with Gasteiger partial charge in [0.15, 0.2) is 0 Å². The van der Waals surface area contributed by atoms with Gasteiger partial charge in [0, 0.05) is 5.41 Å². The molecule has 0 aliphatic heterocycles. The average Bonchev–Trinajstić information content (AvgIpc) is 2.69. The molecule has 2 N–H and O–H groups in total. The molecule has 0 bridgehead atoms. The quantitative estimate of drug-likeness (QED) is 0.740. The zero-order valence-electron chi connectivity index (χ0n) is 13.4. The van der Waals surface area contributed by atoms with Crippen molar-refractivity contribution in [3.05, 3.63) is 71.8 Å². The van der Waals surface area contributed by atoms with Gasteiger partial charge in [-0.3, -0.25) is 0 Å². The van der Waals surface area contributed by atoms with Crippen LogP contribution >= 0.6 is 0 Å². The van der Waals surface area contributed by atoms with Gasteiger partial charge in [0.25, 0.3) is 0 Å². The molecule has 2 heteroatoms. The van der Waals surface area contributed by atoms with E-state index >= 15 is 0 Å². The molecule has 23 heavy (non-hydrogen) atoms. The van der Waals surface area contributed by atoms with Crippen LogP contribution < -0.4 is 0 Å². The lowest BCUT2D eigenvalue weighted by Crippen LogP contribution is -2.25. The smallest absolute Gasteiger partial charge is 0.115 e. The van der Waals surface area contributed by atoms with Crippen LogP contribution in [-0.2, 0) is 5.41 Å². The minimum atomic E-state index is -0.189. The molecular weight excluding hydrogens is 284 g/mol. The molecule has 0 radical (unpaired) electrons. The highest BCUT2D eigenvalue weighted by atomic mass is 16.3. The first-order valence-corrected chi connectivity index (χ1v) is 8.47. The number of aromatic hydroxyl groups is 2. The molecule has 2 aromatic carbocycles. The first-order chi connectivity index (χ1) is 11.2. The van der Waals surface area contributed by atoms with Crippen LogP contribution in [0.3, 0.4) is 0 Å². The fourth-order valence-electron chi connectivity index (χ4n) is 3.55. The summed E-state index contributed by atoms with van der Waals surface area (Å²) >= 11 is 0. The van der Waals surface area contributed by atoms with E-state index in [1.807, 2.05) is 24.3 Å². The number of allylic oxidation sites excluding steroid dienone is 2. The first-order valence-electron chi connectivity index (χ1n) is 8.47. The maximum absolute atomic E-state index is 9.64. The van der Waals surface area contributed by atoms with Crippen molar-refractivity contribution < 1.29 is 10.2 Å². The van der Waals surface area contributed by atoms with Gasteiger partial charge < -0.3 is 10.2 Å². The fourth-order valence-corrected chi connectivity index (χ4v) is 3.55. The number of hydrogen-bond acceptors (Lipinski definition) is 2. The second kappa shape index (κ2) is 6.91. The third-order valence-corrected chi connectivity index (χ3v) is 4.86. The summed E-state index contributed by atoms with van der Waals surface area (Å²) < 4.78 is 0.